The van der Waals surface area contributed by atoms with Gasteiger partial charge < -0.3 is 14.8 Å². The van der Waals surface area contributed by atoms with E-state index in [2.05, 4.69) is 11.4 Å². The SMILES string of the molecule is Cc1ccc(NC(=O)CCc2ccc3c(c2)OCO3)c(C)c1. The summed E-state index contributed by atoms with van der Waals surface area (Å²) in [5.41, 5.74) is 4.22. The first-order valence-electron chi connectivity index (χ1n) is 7.37. The number of anilines is 1. The lowest BCUT2D eigenvalue weighted by Gasteiger charge is -2.09. The van der Waals surface area contributed by atoms with Crippen molar-refractivity contribution < 1.29 is 14.3 Å². The van der Waals surface area contributed by atoms with Crippen molar-refractivity contribution in [1.82, 2.24) is 0 Å². The van der Waals surface area contributed by atoms with Gasteiger partial charge in [-0.25, -0.2) is 0 Å². The molecule has 1 heterocycles. The van der Waals surface area contributed by atoms with E-state index in [9.17, 15) is 4.79 Å². The summed E-state index contributed by atoms with van der Waals surface area (Å²) < 4.78 is 10.6. The van der Waals surface area contributed by atoms with E-state index in [1.165, 1.54) is 5.56 Å². The Labute approximate surface area is 130 Å². The molecule has 1 N–H and O–H groups in total. The summed E-state index contributed by atoms with van der Waals surface area (Å²) in [7, 11) is 0. The highest BCUT2D eigenvalue weighted by atomic mass is 16.7. The van der Waals surface area contributed by atoms with Crippen molar-refractivity contribution in [1.29, 1.82) is 0 Å². The highest BCUT2D eigenvalue weighted by Crippen LogP contribution is 2.32. The topological polar surface area (TPSA) is 47.6 Å². The molecule has 22 heavy (non-hydrogen) atoms. The van der Waals surface area contributed by atoms with Crippen LogP contribution in [0.1, 0.15) is 23.1 Å². The Bertz CT molecular complexity index is 709. The second kappa shape index (κ2) is 6.10. The standard InChI is InChI=1S/C18H19NO3/c1-12-3-6-15(13(2)9-12)19-18(20)8-5-14-4-7-16-17(10-14)22-11-21-16/h3-4,6-7,9-10H,5,8,11H2,1-2H3,(H,19,20). The van der Waals surface area contributed by atoms with Crippen LogP contribution in [0.5, 0.6) is 11.5 Å². The van der Waals surface area contributed by atoms with Crippen LogP contribution in [0.4, 0.5) is 5.69 Å². The number of carbonyl (C=O) groups excluding carboxylic acids is 1. The molecule has 4 heteroatoms. The average molecular weight is 297 g/mol. The molecule has 0 aromatic heterocycles. The Kier molecular flexibility index (Phi) is 4.00. The number of hydrogen-bond donors (Lipinski definition) is 1. The number of aryl methyl sites for hydroxylation is 3. The van der Waals surface area contributed by atoms with Gasteiger partial charge in [-0.15, -0.1) is 0 Å². The number of hydrogen-bond acceptors (Lipinski definition) is 3. The van der Waals surface area contributed by atoms with Crippen molar-refractivity contribution >= 4 is 11.6 Å². The Morgan fingerprint density at radius 2 is 1.91 bits per heavy atom. The van der Waals surface area contributed by atoms with Gasteiger partial charge in [-0.3, -0.25) is 4.79 Å². The van der Waals surface area contributed by atoms with E-state index in [1.54, 1.807) is 0 Å². The number of nitrogens with one attached hydrogen (secondary N) is 1. The van der Waals surface area contributed by atoms with Crippen LogP contribution in [0.15, 0.2) is 36.4 Å². The van der Waals surface area contributed by atoms with Crippen LogP contribution in [0.2, 0.25) is 0 Å². The molecule has 2 aromatic carbocycles. The molecule has 0 bridgehead atoms. The van der Waals surface area contributed by atoms with Crippen molar-refractivity contribution in [2.24, 2.45) is 0 Å². The van der Waals surface area contributed by atoms with Gasteiger partial charge in [-0.1, -0.05) is 23.8 Å². The minimum absolute atomic E-state index is 0.0182. The third-order valence-electron chi connectivity index (χ3n) is 3.73. The first-order chi connectivity index (χ1) is 10.6. The molecule has 1 amide bonds. The number of fused-ring (bicyclic) bond motifs is 1. The van der Waals surface area contributed by atoms with Crippen LogP contribution in [-0.4, -0.2) is 12.7 Å². The third kappa shape index (κ3) is 3.22. The van der Waals surface area contributed by atoms with Gasteiger partial charge in [0.2, 0.25) is 12.7 Å². The number of rotatable bonds is 4. The molecule has 1 aliphatic heterocycles. The molecule has 0 unspecified atom stereocenters. The smallest absolute Gasteiger partial charge is 0.231 e. The fraction of sp³-hybridized carbons (Fsp3) is 0.278. The Morgan fingerprint density at radius 1 is 1.09 bits per heavy atom. The first kappa shape index (κ1) is 14.4. The minimum atomic E-state index is 0.0182. The number of benzene rings is 2. The molecule has 4 nitrogen and oxygen atoms in total. The average Bonchev–Trinajstić information content (AvgIpc) is 2.95. The molecular weight excluding hydrogens is 278 g/mol. The fourth-order valence-corrected chi connectivity index (χ4v) is 2.52. The molecule has 114 valence electrons. The number of amides is 1. The lowest BCUT2D eigenvalue weighted by molar-refractivity contribution is -0.116. The predicted molar refractivity (Wildman–Crippen MR) is 85.4 cm³/mol. The van der Waals surface area contributed by atoms with Gasteiger partial charge in [0, 0.05) is 12.1 Å². The maximum atomic E-state index is 12.1. The van der Waals surface area contributed by atoms with E-state index in [1.807, 2.05) is 44.2 Å². The van der Waals surface area contributed by atoms with E-state index in [0.717, 1.165) is 28.3 Å². The second-order valence-corrected chi connectivity index (χ2v) is 5.55. The summed E-state index contributed by atoms with van der Waals surface area (Å²) in [6, 6.07) is 11.8. The Balaban J connectivity index is 1.58. The van der Waals surface area contributed by atoms with Gasteiger partial charge in [0.15, 0.2) is 11.5 Å². The lowest BCUT2D eigenvalue weighted by Crippen LogP contribution is -2.13. The van der Waals surface area contributed by atoms with Crippen molar-refractivity contribution in [2.45, 2.75) is 26.7 Å². The van der Waals surface area contributed by atoms with E-state index in [0.29, 0.717) is 12.8 Å². The monoisotopic (exact) mass is 297 g/mol. The van der Waals surface area contributed by atoms with Crippen LogP contribution < -0.4 is 14.8 Å². The fourth-order valence-electron chi connectivity index (χ4n) is 2.52. The minimum Gasteiger partial charge on any atom is -0.454 e. The van der Waals surface area contributed by atoms with Crippen LogP contribution >= 0.6 is 0 Å². The zero-order valence-corrected chi connectivity index (χ0v) is 12.8. The van der Waals surface area contributed by atoms with Crippen molar-refractivity contribution in [3.63, 3.8) is 0 Å². The largest absolute Gasteiger partial charge is 0.454 e. The van der Waals surface area contributed by atoms with Gasteiger partial charge in [-0.2, -0.15) is 0 Å². The summed E-state index contributed by atoms with van der Waals surface area (Å²) in [6.45, 7) is 4.31. The summed E-state index contributed by atoms with van der Waals surface area (Å²) in [5.74, 6) is 1.54. The second-order valence-electron chi connectivity index (χ2n) is 5.55. The van der Waals surface area contributed by atoms with Crippen molar-refractivity contribution in [3.8, 4) is 11.5 Å². The highest BCUT2D eigenvalue weighted by Gasteiger charge is 2.13. The molecule has 0 fully saturated rings. The molecule has 0 saturated carbocycles. The highest BCUT2D eigenvalue weighted by molar-refractivity contribution is 5.91. The normalized spacial score (nSPS) is 12.3. The van der Waals surface area contributed by atoms with Crippen LogP contribution in [0, 0.1) is 13.8 Å². The predicted octanol–water partition coefficient (Wildman–Crippen LogP) is 3.60. The molecule has 2 aromatic rings. The molecule has 3 rings (SSSR count). The van der Waals surface area contributed by atoms with E-state index in [4.69, 9.17) is 9.47 Å². The van der Waals surface area contributed by atoms with Crippen molar-refractivity contribution in [3.05, 3.63) is 53.1 Å². The van der Waals surface area contributed by atoms with Gasteiger partial charge in [0.1, 0.15) is 0 Å². The number of ether oxygens (including phenoxy) is 2. The van der Waals surface area contributed by atoms with Gasteiger partial charge in [0.25, 0.3) is 0 Å². The van der Waals surface area contributed by atoms with E-state index in [-0.39, 0.29) is 12.7 Å². The number of carbonyl (C=O) groups is 1. The summed E-state index contributed by atoms with van der Waals surface area (Å²) in [5, 5.41) is 2.97. The Morgan fingerprint density at radius 3 is 2.73 bits per heavy atom. The maximum Gasteiger partial charge on any atom is 0.231 e. The third-order valence-corrected chi connectivity index (χ3v) is 3.73. The van der Waals surface area contributed by atoms with Crippen LogP contribution in [-0.2, 0) is 11.2 Å². The zero-order chi connectivity index (χ0) is 15.5. The lowest BCUT2D eigenvalue weighted by atomic mass is 10.1. The molecular formula is C18H19NO3. The molecule has 0 radical (unpaired) electrons. The Hall–Kier alpha value is -2.49. The summed E-state index contributed by atoms with van der Waals surface area (Å²) in [4.78, 5) is 12.1. The molecule has 0 saturated heterocycles. The summed E-state index contributed by atoms with van der Waals surface area (Å²) in [6.07, 6.45) is 1.11. The molecule has 0 aliphatic carbocycles. The van der Waals surface area contributed by atoms with Gasteiger partial charge in [-0.05, 0) is 49.6 Å². The first-order valence-corrected chi connectivity index (χ1v) is 7.37. The van der Waals surface area contributed by atoms with E-state index < -0.39 is 0 Å². The van der Waals surface area contributed by atoms with Gasteiger partial charge in [0.05, 0.1) is 0 Å². The maximum absolute atomic E-state index is 12.1. The van der Waals surface area contributed by atoms with Crippen molar-refractivity contribution in [2.75, 3.05) is 12.1 Å². The summed E-state index contributed by atoms with van der Waals surface area (Å²) >= 11 is 0. The quantitative estimate of drug-likeness (QED) is 0.938. The molecule has 0 spiro atoms. The molecule has 0 atom stereocenters. The zero-order valence-electron chi connectivity index (χ0n) is 12.8. The van der Waals surface area contributed by atoms with E-state index >= 15 is 0 Å². The van der Waals surface area contributed by atoms with Crippen LogP contribution in [0.25, 0.3) is 0 Å². The van der Waals surface area contributed by atoms with Crippen LogP contribution in [0.3, 0.4) is 0 Å². The van der Waals surface area contributed by atoms with Gasteiger partial charge >= 0.3 is 0 Å². The molecule has 1 aliphatic rings.